The van der Waals surface area contributed by atoms with Crippen LogP contribution in [0.4, 0.5) is 0 Å². The molecule has 2 aliphatic heterocycles. The van der Waals surface area contributed by atoms with E-state index in [-0.39, 0.29) is 24.4 Å². The first-order valence-electron chi connectivity index (χ1n) is 10.4. The van der Waals surface area contributed by atoms with Crippen LogP contribution in [0.3, 0.4) is 0 Å². The number of rotatable bonds is 8. The Morgan fingerprint density at radius 3 is 2.29 bits per heavy atom. The molecule has 3 heterocycles. The summed E-state index contributed by atoms with van der Waals surface area (Å²) in [4.78, 5) is 4.59. The molecule has 1 aromatic rings. The maximum absolute atomic E-state index is 6.93. The normalized spacial score (nSPS) is 30.6. The monoisotopic (exact) mass is 429 g/mol. The van der Waals surface area contributed by atoms with Gasteiger partial charge in [0.25, 0.3) is 0 Å². The highest BCUT2D eigenvalue weighted by Gasteiger charge is 2.54. The summed E-state index contributed by atoms with van der Waals surface area (Å²) in [6.07, 6.45) is 0.806. The SMILES string of the molecule is CC[Si](CC)(CC)O[C@@H](c1nccs1)[C@H]1OC(C)(C)O[C@@H]1[C@@H]1COC(C)(C)O1. The van der Waals surface area contributed by atoms with E-state index in [4.69, 9.17) is 23.4 Å². The third-order valence-corrected chi connectivity index (χ3v) is 11.3. The van der Waals surface area contributed by atoms with Gasteiger partial charge >= 0.3 is 0 Å². The summed E-state index contributed by atoms with van der Waals surface area (Å²) in [7, 11) is -1.89. The minimum atomic E-state index is -1.89. The van der Waals surface area contributed by atoms with Gasteiger partial charge in [0, 0.05) is 11.6 Å². The standard InChI is InChI=1S/C20H35NO5SSi/c1-8-28(9-2,10-3)26-17(18-21-11-12-27-18)16-15(24-20(6,7)25-16)14-13-22-19(4,5)23-14/h11-12,14-17H,8-10,13H2,1-7H3/t14-,15+,16-,17+/m0/s1. The first kappa shape index (κ1) is 22.3. The lowest BCUT2D eigenvalue weighted by atomic mass is 10.0. The van der Waals surface area contributed by atoms with Gasteiger partial charge in [-0.1, -0.05) is 20.8 Å². The summed E-state index contributed by atoms with van der Waals surface area (Å²) in [6, 6.07) is 3.21. The van der Waals surface area contributed by atoms with Gasteiger partial charge in [-0.05, 0) is 45.8 Å². The quantitative estimate of drug-likeness (QED) is 0.549. The molecule has 2 aliphatic rings. The molecule has 160 valence electrons. The summed E-state index contributed by atoms with van der Waals surface area (Å²) >= 11 is 1.61. The molecule has 0 N–H and O–H groups in total. The first-order chi connectivity index (χ1) is 13.1. The second-order valence-corrected chi connectivity index (χ2v) is 14.2. The molecule has 0 unspecified atom stereocenters. The fraction of sp³-hybridized carbons (Fsp3) is 0.850. The van der Waals surface area contributed by atoms with E-state index in [0.29, 0.717) is 6.61 Å². The summed E-state index contributed by atoms with van der Waals surface area (Å²) in [5, 5.41) is 2.94. The Morgan fingerprint density at radius 1 is 1.11 bits per heavy atom. The molecule has 3 rings (SSSR count). The first-order valence-corrected chi connectivity index (χ1v) is 13.8. The highest BCUT2D eigenvalue weighted by Crippen LogP contribution is 2.44. The van der Waals surface area contributed by atoms with E-state index < -0.39 is 19.9 Å². The van der Waals surface area contributed by atoms with Gasteiger partial charge in [0.15, 0.2) is 19.9 Å². The lowest BCUT2D eigenvalue weighted by Crippen LogP contribution is -2.46. The lowest BCUT2D eigenvalue weighted by molar-refractivity contribution is -0.175. The van der Waals surface area contributed by atoms with Crippen molar-refractivity contribution in [2.24, 2.45) is 0 Å². The van der Waals surface area contributed by atoms with E-state index in [1.54, 1.807) is 11.3 Å². The van der Waals surface area contributed by atoms with Gasteiger partial charge in [-0.25, -0.2) is 4.98 Å². The van der Waals surface area contributed by atoms with Crippen molar-refractivity contribution >= 4 is 19.7 Å². The average molecular weight is 430 g/mol. The van der Waals surface area contributed by atoms with Crippen molar-refractivity contribution in [3.05, 3.63) is 16.6 Å². The molecule has 0 saturated carbocycles. The molecule has 1 aromatic heterocycles. The predicted molar refractivity (Wildman–Crippen MR) is 112 cm³/mol. The van der Waals surface area contributed by atoms with Crippen LogP contribution >= 0.6 is 11.3 Å². The molecule has 0 bridgehead atoms. The van der Waals surface area contributed by atoms with Crippen LogP contribution in [-0.4, -0.2) is 49.8 Å². The van der Waals surface area contributed by atoms with Crippen molar-refractivity contribution in [3.63, 3.8) is 0 Å². The van der Waals surface area contributed by atoms with Crippen LogP contribution in [0.25, 0.3) is 0 Å². The van der Waals surface area contributed by atoms with Crippen molar-refractivity contribution in [2.45, 2.75) is 103 Å². The van der Waals surface area contributed by atoms with Crippen molar-refractivity contribution in [2.75, 3.05) is 6.61 Å². The van der Waals surface area contributed by atoms with Gasteiger partial charge in [-0.3, -0.25) is 0 Å². The van der Waals surface area contributed by atoms with Crippen LogP contribution in [0, 0.1) is 0 Å². The number of hydrogen-bond acceptors (Lipinski definition) is 7. The fourth-order valence-electron chi connectivity index (χ4n) is 4.12. The van der Waals surface area contributed by atoms with Gasteiger partial charge < -0.3 is 23.4 Å². The van der Waals surface area contributed by atoms with E-state index in [0.717, 1.165) is 23.1 Å². The average Bonchev–Trinajstić information content (AvgIpc) is 3.36. The minimum absolute atomic E-state index is 0.200. The number of ether oxygens (including phenoxy) is 4. The van der Waals surface area contributed by atoms with Gasteiger partial charge in [0.2, 0.25) is 0 Å². The predicted octanol–water partition coefficient (Wildman–Crippen LogP) is 4.88. The highest BCUT2D eigenvalue weighted by atomic mass is 32.1. The third-order valence-electron chi connectivity index (χ3n) is 5.86. The number of hydrogen-bond donors (Lipinski definition) is 0. The van der Waals surface area contributed by atoms with Crippen LogP contribution in [0.15, 0.2) is 11.6 Å². The minimum Gasteiger partial charge on any atom is -0.405 e. The zero-order valence-electron chi connectivity index (χ0n) is 18.2. The Labute approximate surface area is 174 Å². The molecule has 2 saturated heterocycles. The molecule has 2 fully saturated rings. The Balaban J connectivity index is 1.93. The van der Waals surface area contributed by atoms with E-state index in [1.807, 2.05) is 39.3 Å². The summed E-state index contributed by atoms with van der Waals surface area (Å²) in [6.45, 7) is 15.0. The van der Waals surface area contributed by atoms with Gasteiger partial charge in [0.05, 0.1) is 6.61 Å². The largest absolute Gasteiger partial charge is 0.405 e. The summed E-state index contributed by atoms with van der Waals surface area (Å²) in [5.74, 6) is -1.32. The van der Waals surface area contributed by atoms with Crippen LogP contribution < -0.4 is 0 Å². The molecule has 0 radical (unpaired) electrons. The number of thiazole rings is 1. The topological polar surface area (TPSA) is 59.0 Å². The Bertz CT molecular complexity index is 626. The second kappa shape index (κ2) is 8.41. The van der Waals surface area contributed by atoms with Crippen LogP contribution in [0.5, 0.6) is 0 Å². The zero-order valence-corrected chi connectivity index (χ0v) is 20.0. The zero-order chi connectivity index (χ0) is 20.6. The highest BCUT2D eigenvalue weighted by molar-refractivity contribution is 7.09. The molecule has 6 nitrogen and oxygen atoms in total. The number of nitrogens with zero attached hydrogens (tertiary/aromatic N) is 1. The third kappa shape index (κ3) is 4.69. The Morgan fingerprint density at radius 2 is 1.79 bits per heavy atom. The van der Waals surface area contributed by atoms with Gasteiger partial charge in [0.1, 0.15) is 29.4 Å². The van der Waals surface area contributed by atoms with Gasteiger partial charge in [-0.15, -0.1) is 11.3 Å². The molecule has 0 aliphatic carbocycles. The van der Waals surface area contributed by atoms with Crippen molar-refractivity contribution in [1.82, 2.24) is 4.98 Å². The molecule has 28 heavy (non-hydrogen) atoms. The van der Waals surface area contributed by atoms with Crippen molar-refractivity contribution < 1.29 is 23.4 Å². The smallest absolute Gasteiger partial charge is 0.193 e. The molecular weight excluding hydrogens is 394 g/mol. The van der Waals surface area contributed by atoms with Crippen LogP contribution in [0.2, 0.25) is 18.1 Å². The van der Waals surface area contributed by atoms with Crippen molar-refractivity contribution in [3.8, 4) is 0 Å². The molecule has 0 spiro atoms. The van der Waals surface area contributed by atoms with E-state index >= 15 is 0 Å². The van der Waals surface area contributed by atoms with Crippen LogP contribution in [-0.2, 0) is 23.4 Å². The van der Waals surface area contributed by atoms with E-state index in [9.17, 15) is 0 Å². The summed E-state index contributed by atoms with van der Waals surface area (Å²) < 4.78 is 31.6. The second-order valence-electron chi connectivity index (χ2n) is 8.58. The molecule has 0 amide bonds. The fourth-order valence-corrected chi connectivity index (χ4v) is 7.69. The molecule has 0 aromatic carbocycles. The van der Waals surface area contributed by atoms with Crippen molar-refractivity contribution in [1.29, 1.82) is 0 Å². The van der Waals surface area contributed by atoms with E-state index in [1.165, 1.54) is 0 Å². The van der Waals surface area contributed by atoms with Gasteiger partial charge in [-0.2, -0.15) is 0 Å². The molecule has 4 atom stereocenters. The maximum Gasteiger partial charge on any atom is 0.193 e. The van der Waals surface area contributed by atoms with E-state index in [2.05, 4.69) is 25.8 Å². The number of aromatic nitrogens is 1. The molecular formula is C20H35NO5SSi. The Kier molecular flexibility index (Phi) is 6.71. The lowest BCUT2D eigenvalue weighted by Gasteiger charge is -2.36. The molecule has 8 heteroatoms. The maximum atomic E-state index is 6.93. The summed E-state index contributed by atoms with van der Waals surface area (Å²) in [5.41, 5.74) is 0. The Hall–Kier alpha value is -0.353. The van der Waals surface area contributed by atoms with Crippen LogP contribution in [0.1, 0.15) is 59.6 Å².